The first kappa shape index (κ1) is 16.3. The summed E-state index contributed by atoms with van der Waals surface area (Å²) in [6.07, 6.45) is 5.90. The summed E-state index contributed by atoms with van der Waals surface area (Å²) in [5.74, 6) is 0.411. The first-order valence-electron chi connectivity index (χ1n) is 7.33. The number of hydrogen-bond acceptors (Lipinski definition) is 4. The van der Waals surface area contributed by atoms with E-state index in [1.54, 1.807) is 7.11 Å². The Kier molecular flexibility index (Phi) is 6.06. The predicted octanol–water partition coefficient (Wildman–Crippen LogP) is 3.59. The van der Waals surface area contributed by atoms with E-state index in [1.165, 1.54) is 26.4 Å². The summed E-state index contributed by atoms with van der Waals surface area (Å²) in [6.45, 7) is 0. The first-order valence-corrected chi connectivity index (χ1v) is 8.12. The Hall–Kier alpha value is -1.07. The molecule has 2 rings (SSSR count). The van der Waals surface area contributed by atoms with Gasteiger partial charge in [-0.3, -0.25) is 5.32 Å². The molecule has 1 saturated carbocycles. The molecule has 1 aromatic carbocycles. The van der Waals surface area contributed by atoms with Crippen LogP contribution in [0.5, 0.6) is 5.75 Å². The standard InChI is InChI=1S/C16H22BrNO3/c1-20-14-9-8-11(17)10-13(14)15(16(19)21-2)18-12-6-4-3-5-7-12/h8-10,12,15,18H,3-7H2,1-2H3. The van der Waals surface area contributed by atoms with Crippen molar-refractivity contribution < 1.29 is 14.3 Å². The number of halogens is 1. The average Bonchev–Trinajstić information content (AvgIpc) is 2.53. The number of methoxy groups -OCH3 is 2. The van der Waals surface area contributed by atoms with Gasteiger partial charge in [0.05, 0.1) is 14.2 Å². The van der Waals surface area contributed by atoms with Crippen molar-refractivity contribution >= 4 is 21.9 Å². The fourth-order valence-corrected chi connectivity index (χ4v) is 3.22. The summed E-state index contributed by atoms with van der Waals surface area (Å²) < 4.78 is 11.3. The van der Waals surface area contributed by atoms with E-state index in [4.69, 9.17) is 9.47 Å². The Balaban J connectivity index is 2.26. The lowest BCUT2D eigenvalue weighted by Gasteiger charge is -2.28. The van der Waals surface area contributed by atoms with E-state index >= 15 is 0 Å². The molecule has 21 heavy (non-hydrogen) atoms. The summed E-state index contributed by atoms with van der Waals surface area (Å²) in [5.41, 5.74) is 0.810. The van der Waals surface area contributed by atoms with Gasteiger partial charge >= 0.3 is 5.97 Å². The van der Waals surface area contributed by atoms with Gasteiger partial charge < -0.3 is 9.47 Å². The number of esters is 1. The highest BCUT2D eigenvalue weighted by atomic mass is 79.9. The maximum absolute atomic E-state index is 12.2. The van der Waals surface area contributed by atoms with Crippen LogP contribution >= 0.6 is 15.9 Å². The minimum absolute atomic E-state index is 0.281. The zero-order valence-electron chi connectivity index (χ0n) is 12.5. The van der Waals surface area contributed by atoms with E-state index in [1.807, 2.05) is 18.2 Å². The molecule has 116 valence electrons. The van der Waals surface area contributed by atoms with Gasteiger partial charge in [0.2, 0.25) is 0 Å². The second-order valence-corrected chi connectivity index (χ2v) is 6.26. The molecular formula is C16H22BrNO3. The Labute approximate surface area is 134 Å². The van der Waals surface area contributed by atoms with Gasteiger partial charge in [0.15, 0.2) is 0 Å². The molecule has 0 aliphatic heterocycles. The molecule has 1 aliphatic rings. The van der Waals surface area contributed by atoms with Crippen LogP contribution in [0.2, 0.25) is 0 Å². The number of hydrogen-bond donors (Lipinski definition) is 1. The Morgan fingerprint density at radius 2 is 2.00 bits per heavy atom. The molecule has 0 radical (unpaired) electrons. The molecule has 0 spiro atoms. The maximum Gasteiger partial charge on any atom is 0.327 e. The van der Waals surface area contributed by atoms with Crippen LogP contribution in [-0.4, -0.2) is 26.2 Å². The highest BCUT2D eigenvalue weighted by molar-refractivity contribution is 9.10. The second-order valence-electron chi connectivity index (χ2n) is 5.34. The second kappa shape index (κ2) is 7.80. The highest BCUT2D eigenvalue weighted by Gasteiger charge is 2.28. The third kappa shape index (κ3) is 4.20. The molecule has 4 nitrogen and oxygen atoms in total. The van der Waals surface area contributed by atoms with Crippen LogP contribution in [0.1, 0.15) is 43.7 Å². The van der Waals surface area contributed by atoms with E-state index in [0.29, 0.717) is 11.8 Å². The van der Waals surface area contributed by atoms with Crippen LogP contribution in [0.15, 0.2) is 22.7 Å². The van der Waals surface area contributed by atoms with Gasteiger partial charge in [0.1, 0.15) is 11.8 Å². The zero-order chi connectivity index (χ0) is 15.2. The van der Waals surface area contributed by atoms with Crippen LogP contribution in [-0.2, 0) is 9.53 Å². The number of rotatable bonds is 5. The van der Waals surface area contributed by atoms with Crippen molar-refractivity contribution in [1.82, 2.24) is 5.32 Å². The molecule has 0 amide bonds. The highest BCUT2D eigenvalue weighted by Crippen LogP contribution is 2.31. The average molecular weight is 356 g/mol. The largest absolute Gasteiger partial charge is 0.496 e. The summed E-state index contributed by atoms with van der Waals surface area (Å²) in [4.78, 5) is 12.2. The topological polar surface area (TPSA) is 47.6 Å². The fraction of sp³-hybridized carbons (Fsp3) is 0.562. The zero-order valence-corrected chi connectivity index (χ0v) is 14.1. The SMILES string of the molecule is COC(=O)C(NC1CCCCC1)c1cc(Br)ccc1OC. The van der Waals surface area contributed by atoms with Gasteiger partial charge in [-0.15, -0.1) is 0 Å². The van der Waals surface area contributed by atoms with Gasteiger partial charge in [-0.1, -0.05) is 35.2 Å². The molecule has 0 saturated heterocycles. The van der Waals surface area contributed by atoms with E-state index in [9.17, 15) is 4.79 Å². The predicted molar refractivity (Wildman–Crippen MR) is 85.5 cm³/mol. The summed E-state index contributed by atoms with van der Waals surface area (Å²) in [6, 6.07) is 5.53. The fourth-order valence-electron chi connectivity index (χ4n) is 2.84. The molecule has 1 atom stereocenters. The first-order chi connectivity index (χ1) is 10.2. The van der Waals surface area contributed by atoms with Crippen LogP contribution in [0.3, 0.4) is 0 Å². The molecule has 5 heteroatoms. The van der Waals surface area contributed by atoms with Crippen LogP contribution in [0, 0.1) is 0 Å². The van der Waals surface area contributed by atoms with E-state index in [2.05, 4.69) is 21.2 Å². The van der Waals surface area contributed by atoms with Gasteiger partial charge in [0, 0.05) is 16.1 Å². The molecule has 1 aliphatic carbocycles. The van der Waals surface area contributed by atoms with E-state index in [-0.39, 0.29) is 5.97 Å². The molecule has 0 heterocycles. The maximum atomic E-state index is 12.2. The van der Waals surface area contributed by atoms with Crippen molar-refractivity contribution in [2.75, 3.05) is 14.2 Å². The summed E-state index contributed by atoms with van der Waals surface area (Å²) in [7, 11) is 3.03. The molecule has 1 fully saturated rings. The molecule has 1 aromatic rings. The summed E-state index contributed by atoms with van der Waals surface area (Å²) >= 11 is 3.45. The van der Waals surface area contributed by atoms with Gasteiger partial charge in [-0.05, 0) is 31.0 Å². The minimum atomic E-state index is -0.495. The third-order valence-corrected chi connectivity index (χ3v) is 4.44. The smallest absolute Gasteiger partial charge is 0.327 e. The monoisotopic (exact) mass is 355 g/mol. The Bertz CT molecular complexity index is 486. The molecule has 1 unspecified atom stereocenters. The number of ether oxygens (including phenoxy) is 2. The summed E-state index contributed by atoms with van der Waals surface area (Å²) in [5, 5.41) is 3.45. The van der Waals surface area contributed by atoms with Crippen molar-refractivity contribution in [3.8, 4) is 5.75 Å². The Morgan fingerprint density at radius 3 is 2.62 bits per heavy atom. The van der Waals surface area contributed by atoms with Gasteiger partial charge in [-0.25, -0.2) is 4.79 Å². The number of carbonyl (C=O) groups excluding carboxylic acids is 1. The Morgan fingerprint density at radius 1 is 1.29 bits per heavy atom. The van der Waals surface area contributed by atoms with Crippen LogP contribution in [0.4, 0.5) is 0 Å². The third-order valence-electron chi connectivity index (χ3n) is 3.95. The van der Waals surface area contributed by atoms with Crippen LogP contribution in [0.25, 0.3) is 0 Å². The van der Waals surface area contributed by atoms with Gasteiger partial charge in [-0.2, -0.15) is 0 Å². The number of nitrogens with one attached hydrogen (secondary N) is 1. The molecular weight excluding hydrogens is 334 g/mol. The normalized spacial score (nSPS) is 17.3. The minimum Gasteiger partial charge on any atom is -0.496 e. The van der Waals surface area contributed by atoms with Crippen molar-refractivity contribution in [1.29, 1.82) is 0 Å². The van der Waals surface area contributed by atoms with Crippen LogP contribution < -0.4 is 10.1 Å². The number of benzene rings is 1. The van der Waals surface area contributed by atoms with Crippen molar-refractivity contribution in [2.24, 2.45) is 0 Å². The lowest BCUT2D eigenvalue weighted by atomic mass is 9.94. The molecule has 0 aromatic heterocycles. The lowest BCUT2D eigenvalue weighted by Crippen LogP contribution is -2.39. The lowest BCUT2D eigenvalue weighted by molar-refractivity contribution is -0.143. The quantitative estimate of drug-likeness (QED) is 0.819. The van der Waals surface area contributed by atoms with Crippen molar-refractivity contribution in [3.05, 3.63) is 28.2 Å². The number of carbonyl (C=O) groups is 1. The van der Waals surface area contributed by atoms with Crippen molar-refractivity contribution in [3.63, 3.8) is 0 Å². The van der Waals surface area contributed by atoms with Crippen molar-refractivity contribution in [2.45, 2.75) is 44.2 Å². The van der Waals surface area contributed by atoms with E-state index in [0.717, 1.165) is 22.9 Å². The molecule has 0 bridgehead atoms. The van der Waals surface area contributed by atoms with E-state index < -0.39 is 6.04 Å². The molecule has 1 N–H and O–H groups in total. The van der Waals surface area contributed by atoms with Gasteiger partial charge in [0.25, 0.3) is 0 Å².